The molecule has 0 unspecified atom stereocenters. The van der Waals surface area contributed by atoms with Crippen LogP contribution in [0.4, 0.5) is 5.13 Å². The van der Waals surface area contributed by atoms with Gasteiger partial charge < -0.3 is 15.2 Å². The highest BCUT2D eigenvalue weighted by atomic mass is 32.1. The maximum atomic E-state index is 10.7. The van der Waals surface area contributed by atoms with Crippen molar-refractivity contribution in [3.05, 3.63) is 40.9 Å². The number of rotatable bonds is 6. The maximum absolute atomic E-state index is 10.7. The zero-order chi connectivity index (χ0) is 13.7. The molecule has 1 aromatic heterocycles. The van der Waals surface area contributed by atoms with Crippen LogP contribution in [0.3, 0.4) is 0 Å². The van der Waals surface area contributed by atoms with Gasteiger partial charge in [-0.15, -0.1) is 11.3 Å². The van der Waals surface area contributed by atoms with E-state index in [1.165, 1.54) is 16.7 Å². The third kappa shape index (κ3) is 3.45. The molecule has 6 heteroatoms. The Labute approximate surface area is 114 Å². The Morgan fingerprint density at radius 3 is 2.95 bits per heavy atom. The first-order chi connectivity index (χ1) is 9.20. The SMILES string of the molecule is COc1ccccc1CCNc1nc(C(=O)O)cs1. The molecule has 1 heterocycles. The van der Waals surface area contributed by atoms with E-state index >= 15 is 0 Å². The molecule has 2 aromatic rings. The summed E-state index contributed by atoms with van der Waals surface area (Å²) in [6, 6.07) is 7.81. The van der Waals surface area contributed by atoms with Gasteiger partial charge in [-0.25, -0.2) is 9.78 Å². The van der Waals surface area contributed by atoms with E-state index in [0.717, 1.165) is 17.7 Å². The minimum Gasteiger partial charge on any atom is -0.496 e. The molecule has 0 aliphatic heterocycles. The lowest BCUT2D eigenvalue weighted by Gasteiger charge is -2.08. The molecule has 19 heavy (non-hydrogen) atoms. The van der Waals surface area contributed by atoms with Crippen molar-refractivity contribution in [1.82, 2.24) is 4.98 Å². The van der Waals surface area contributed by atoms with Crippen molar-refractivity contribution in [3.8, 4) is 5.75 Å². The highest BCUT2D eigenvalue weighted by Gasteiger charge is 2.08. The fourth-order valence-corrected chi connectivity index (χ4v) is 2.38. The number of hydrogen-bond donors (Lipinski definition) is 2. The number of ether oxygens (including phenoxy) is 1. The number of carboxylic acid groups (broad SMARTS) is 1. The van der Waals surface area contributed by atoms with Crippen molar-refractivity contribution in [2.24, 2.45) is 0 Å². The van der Waals surface area contributed by atoms with Gasteiger partial charge in [0.2, 0.25) is 0 Å². The Morgan fingerprint density at radius 2 is 2.26 bits per heavy atom. The average Bonchev–Trinajstić information content (AvgIpc) is 2.88. The normalized spacial score (nSPS) is 10.2. The van der Waals surface area contributed by atoms with Gasteiger partial charge in [0.15, 0.2) is 10.8 Å². The Hall–Kier alpha value is -2.08. The summed E-state index contributed by atoms with van der Waals surface area (Å²) in [5.41, 5.74) is 1.18. The third-order valence-electron chi connectivity index (χ3n) is 2.59. The first-order valence-corrected chi connectivity index (χ1v) is 6.63. The van der Waals surface area contributed by atoms with Crippen LogP contribution in [0.5, 0.6) is 5.75 Å². The van der Waals surface area contributed by atoms with Crippen LogP contribution in [0.15, 0.2) is 29.6 Å². The fourth-order valence-electron chi connectivity index (χ4n) is 1.67. The minimum absolute atomic E-state index is 0.0739. The molecule has 0 saturated carbocycles. The number of benzene rings is 1. The van der Waals surface area contributed by atoms with Crippen molar-refractivity contribution < 1.29 is 14.6 Å². The molecular formula is C13H14N2O3S. The lowest BCUT2D eigenvalue weighted by atomic mass is 10.1. The molecule has 0 fully saturated rings. The minimum atomic E-state index is -1.01. The molecule has 0 saturated heterocycles. The molecule has 0 radical (unpaired) electrons. The molecule has 0 atom stereocenters. The second kappa shape index (κ2) is 6.19. The largest absolute Gasteiger partial charge is 0.496 e. The predicted molar refractivity (Wildman–Crippen MR) is 74.3 cm³/mol. The van der Waals surface area contributed by atoms with Gasteiger partial charge in [0.05, 0.1) is 7.11 Å². The van der Waals surface area contributed by atoms with Crippen LogP contribution in [0, 0.1) is 0 Å². The smallest absolute Gasteiger partial charge is 0.355 e. The van der Waals surface area contributed by atoms with Crippen LogP contribution in [0.2, 0.25) is 0 Å². The van der Waals surface area contributed by atoms with Crippen molar-refractivity contribution in [1.29, 1.82) is 0 Å². The van der Waals surface area contributed by atoms with Crippen LogP contribution in [-0.2, 0) is 6.42 Å². The van der Waals surface area contributed by atoms with Gasteiger partial charge in [0.25, 0.3) is 0 Å². The zero-order valence-corrected chi connectivity index (χ0v) is 11.2. The summed E-state index contributed by atoms with van der Waals surface area (Å²) < 4.78 is 5.27. The number of nitrogens with zero attached hydrogens (tertiary/aromatic N) is 1. The molecule has 0 aliphatic rings. The molecule has 0 aliphatic carbocycles. The Balaban J connectivity index is 1.90. The van der Waals surface area contributed by atoms with Crippen molar-refractivity contribution in [3.63, 3.8) is 0 Å². The van der Waals surface area contributed by atoms with E-state index in [1.807, 2.05) is 24.3 Å². The summed E-state index contributed by atoms with van der Waals surface area (Å²) >= 11 is 1.29. The number of anilines is 1. The Morgan fingerprint density at radius 1 is 1.47 bits per heavy atom. The number of para-hydroxylation sites is 1. The van der Waals surface area contributed by atoms with Gasteiger partial charge in [-0.05, 0) is 18.1 Å². The van der Waals surface area contributed by atoms with E-state index in [9.17, 15) is 4.79 Å². The molecule has 2 N–H and O–H groups in total. The number of carbonyl (C=O) groups is 1. The van der Waals surface area contributed by atoms with Gasteiger partial charge in [-0.1, -0.05) is 18.2 Å². The summed E-state index contributed by atoms with van der Waals surface area (Å²) in [4.78, 5) is 14.7. The number of aromatic nitrogens is 1. The van der Waals surface area contributed by atoms with Crippen molar-refractivity contribution >= 4 is 22.4 Å². The number of methoxy groups -OCH3 is 1. The van der Waals surface area contributed by atoms with Crippen LogP contribution >= 0.6 is 11.3 Å². The molecule has 1 aromatic carbocycles. The topological polar surface area (TPSA) is 71.5 Å². The summed E-state index contributed by atoms with van der Waals surface area (Å²) in [7, 11) is 1.65. The van der Waals surface area contributed by atoms with E-state index in [4.69, 9.17) is 9.84 Å². The van der Waals surface area contributed by atoms with Crippen LogP contribution in [0.25, 0.3) is 0 Å². The van der Waals surface area contributed by atoms with Gasteiger partial charge in [-0.3, -0.25) is 0 Å². The van der Waals surface area contributed by atoms with Gasteiger partial charge in [-0.2, -0.15) is 0 Å². The lowest BCUT2D eigenvalue weighted by molar-refractivity contribution is 0.0691. The molecular weight excluding hydrogens is 264 g/mol. The van der Waals surface area contributed by atoms with Crippen LogP contribution in [0.1, 0.15) is 16.1 Å². The standard InChI is InChI=1S/C13H14N2O3S/c1-18-11-5-3-2-4-9(11)6-7-14-13-15-10(8-19-13)12(16)17/h2-5,8H,6-7H2,1H3,(H,14,15)(H,16,17). The quantitative estimate of drug-likeness (QED) is 0.849. The van der Waals surface area contributed by atoms with Crippen molar-refractivity contribution in [2.75, 3.05) is 19.0 Å². The fraction of sp³-hybridized carbons (Fsp3) is 0.231. The predicted octanol–water partition coefficient (Wildman–Crippen LogP) is 2.50. The summed E-state index contributed by atoms with van der Waals surface area (Å²) in [6.07, 6.45) is 0.784. The van der Waals surface area contributed by atoms with E-state index < -0.39 is 5.97 Å². The number of carboxylic acids is 1. The Kier molecular flexibility index (Phi) is 4.35. The first kappa shape index (κ1) is 13.4. The second-order valence-electron chi connectivity index (χ2n) is 3.83. The molecule has 2 rings (SSSR count). The van der Waals surface area contributed by atoms with Crippen molar-refractivity contribution in [2.45, 2.75) is 6.42 Å². The summed E-state index contributed by atoms with van der Waals surface area (Å²) in [5.74, 6) is -0.149. The Bertz CT molecular complexity index is 569. The second-order valence-corrected chi connectivity index (χ2v) is 4.69. The third-order valence-corrected chi connectivity index (χ3v) is 3.39. The lowest BCUT2D eigenvalue weighted by Crippen LogP contribution is -2.06. The van der Waals surface area contributed by atoms with E-state index in [2.05, 4.69) is 10.3 Å². The zero-order valence-electron chi connectivity index (χ0n) is 10.4. The number of nitrogens with one attached hydrogen (secondary N) is 1. The molecule has 100 valence electrons. The highest BCUT2D eigenvalue weighted by molar-refractivity contribution is 7.13. The van der Waals surface area contributed by atoms with E-state index in [-0.39, 0.29) is 5.69 Å². The van der Waals surface area contributed by atoms with E-state index in [1.54, 1.807) is 7.11 Å². The van der Waals surface area contributed by atoms with E-state index in [0.29, 0.717) is 11.7 Å². The molecule has 5 nitrogen and oxygen atoms in total. The highest BCUT2D eigenvalue weighted by Crippen LogP contribution is 2.19. The van der Waals surface area contributed by atoms with Crippen LogP contribution in [-0.4, -0.2) is 29.7 Å². The monoisotopic (exact) mass is 278 g/mol. The number of aromatic carboxylic acids is 1. The molecule has 0 amide bonds. The number of hydrogen-bond acceptors (Lipinski definition) is 5. The van der Waals surface area contributed by atoms with Gasteiger partial charge >= 0.3 is 5.97 Å². The number of thiazole rings is 1. The molecule has 0 bridgehead atoms. The summed E-state index contributed by atoms with van der Waals surface area (Å²) in [5, 5.41) is 14.0. The summed E-state index contributed by atoms with van der Waals surface area (Å²) in [6.45, 7) is 0.674. The molecule has 0 spiro atoms. The first-order valence-electron chi connectivity index (χ1n) is 5.75. The van der Waals surface area contributed by atoms with Gasteiger partial charge in [0, 0.05) is 11.9 Å². The van der Waals surface area contributed by atoms with Crippen LogP contribution < -0.4 is 10.1 Å². The average molecular weight is 278 g/mol. The maximum Gasteiger partial charge on any atom is 0.355 e. The van der Waals surface area contributed by atoms with Gasteiger partial charge in [0.1, 0.15) is 5.75 Å².